The number of likely N-dealkylation sites (tertiary alicyclic amines) is 1. The maximum Gasteiger partial charge on any atom is 0.328 e. The molecule has 0 saturated carbocycles. The van der Waals surface area contributed by atoms with E-state index in [4.69, 9.17) is 13.9 Å². The molecule has 1 fully saturated rings. The van der Waals surface area contributed by atoms with Gasteiger partial charge in [-0.15, -0.1) is 0 Å². The predicted octanol–water partition coefficient (Wildman–Crippen LogP) is 2.19. The summed E-state index contributed by atoms with van der Waals surface area (Å²) < 4.78 is 17.4. The predicted molar refractivity (Wildman–Crippen MR) is 126 cm³/mol. The van der Waals surface area contributed by atoms with Crippen molar-refractivity contribution in [2.45, 2.75) is 38.3 Å². The van der Waals surface area contributed by atoms with Crippen LogP contribution in [0.4, 0.5) is 0 Å². The molecule has 34 heavy (non-hydrogen) atoms. The summed E-state index contributed by atoms with van der Waals surface area (Å²) in [4.78, 5) is 42.8. The van der Waals surface area contributed by atoms with Crippen molar-refractivity contribution in [3.63, 3.8) is 0 Å². The minimum atomic E-state index is -0.627. The van der Waals surface area contributed by atoms with Crippen molar-refractivity contribution >= 4 is 18.0 Å². The Hall–Kier alpha value is -3.33. The van der Waals surface area contributed by atoms with E-state index in [1.807, 2.05) is 24.3 Å². The van der Waals surface area contributed by atoms with Crippen LogP contribution in [0.3, 0.4) is 0 Å². The smallest absolute Gasteiger partial charge is 0.328 e. The van der Waals surface area contributed by atoms with E-state index in [1.54, 1.807) is 15.7 Å². The minimum absolute atomic E-state index is 0.195. The number of pyridine rings is 1. The first-order valence-corrected chi connectivity index (χ1v) is 11.7. The van der Waals surface area contributed by atoms with Gasteiger partial charge in [-0.3, -0.25) is 14.5 Å². The molecule has 4 heterocycles. The van der Waals surface area contributed by atoms with E-state index < -0.39 is 12.0 Å². The first-order chi connectivity index (χ1) is 16.5. The second-order valence-electron chi connectivity index (χ2n) is 8.53. The van der Waals surface area contributed by atoms with Crippen LogP contribution >= 0.6 is 0 Å². The fraction of sp³-hybridized carbons (Fsp3) is 0.480. The van der Waals surface area contributed by atoms with Crippen LogP contribution in [-0.2, 0) is 22.5 Å². The second kappa shape index (κ2) is 10.7. The van der Waals surface area contributed by atoms with Gasteiger partial charge in [-0.05, 0) is 37.5 Å². The number of ether oxygens (including phenoxy) is 2. The maximum atomic E-state index is 13.8. The number of nitrogens with zero attached hydrogens (tertiary/aromatic N) is 3. The highest BCUT2D eigenvalue weighted by molar-refractivity contribution is 6.00. The first kappa shape index (κ1) is 23.8. The molecule has 4 rings (SSSR count). The molecule has 2 aliphatic heterocycles. The van der Waals surface area contributed by atoms with Crippen molar-refractivity contribution in [2.24, 2.45) is 0 Å². The fourth-order valence-corrected chi connectivity index (χ4v) is 4.77. The van der Waals surface area contributed by atoms with Crippen LogP contribution < -0.4 is 10.3 Å². The van der Waals surface area contributed by atoms with E-state index in [-0.39, 0.29) is 17.2 Å². The van der Waals surface area contributed by atoms with Gasteiger partial charge in [0, 0.05) is 50.9 Å². The third-order valence-corrected chi connectivity index (χ3v) is 6.55. The average molecular weight is 470 g/mol. The van der Waals surface area contributed by atoms with Gasteiger partial charge in [0.15, 0.2) is 0 Å². The Kier molecular flexibility index (Phi) is 7.52. The summed E-state index contributed by atoms with van der Waals surface area (Å²) in [6.45, 7) is 2.97. The molecule has 0 radical (unpaired) electrons. The van der Waals surface area contributed by atoms with Crippen LogP contribution in [0.5, 0.6) is 5.75 Å². The summed E-state index contributed by atoms with van der Waals surface area (Å²) in [6, 6.07) is 4.48. The Labute approximate surface area is 198 Å². The molecule has 1 unspecified atom stereocenters. The third-order valence-electron chi connectivity index (χ3n) is 6.55. The lowest BCUT2D eigenvalue weighted by Crippen LogP contribution is -2.49. The van der Waals surface area contributed by atoms with E-state index in [0.717, 1.165) is 18.6 Å². The van der Waals surface area contributed by atoms with Crippen LogP contribution in [0.25, 0.3) is 6.08 Å². The number of hydrogen-bond acceptors (Lipinski definition) is 7. The van der Waals surface area contributed by atoms with Gasteiger partial charge in [0.05, 0.1) is 20.5 Å². The number of amides is 1. The molecular weight excluding hydrogens is 438 g/mol. The molecule has 1 atom stereocenters. The number of carbonyl (C=O) groups excluding carboxylic acids is 2. The van der Waals surface area contributed by atoms with Crippen molar-refractivity contribution in [3.05, 3.63) is 57.9 Å². The molecule has 2 aliphatic rings. The number of aromatic nitrogens is 1. The maximum absolute atomic E-state index is 13.8. The largest absolute Gasteiger partial charge is 0.496 e. The minimum Gasteiger partial charge on any atom is -0.496 e. The van der Waals surface area contributed by atoms with Gasteiger partial charge >= 0.3 is 5.97 Å². The SMILES string of the molecule is COC(=O)C1CCCCN1C(=O)c1c(OC)cc(=O)n2c1CCN(C/C=C/c1ccco1)CC2. The Balaban J connectivity index is 1.61. The number of rotatable bonds is 6. The van der Waals surface area contributed by atoms with Gasteiger partial charge in [0.25, 0.3) is 11.5 Å². The van der Waals surface area contributed by atoms with Crippen molar-refractivity contribution in [3.8, 4) is 5.75 Å². The Morgan fingerprint density at radius 3 is 2.76 bits per heavy atom. The normalized spacial score (nSPS) is 19.0. The summed E-state index contributed by atoms with van der Waals surface area (Å²) in [7, 11) is 2.79. The van der Waals surface area contributed by atoms with Crippen LogP contribution in [0.15, 0.2) is 39.7 Å². The molecule has 9 heteroatoms. The van der Waals surface area contributed by atoms with Crippen LogP contribution in [0.1, 0.15) is 41.1 Å². The number of methoxy groups -OCH3 is 2. The van der Waals surface area contributed by atoms with E-state index in [2.05, 4.69) is 4.90 Å². The lowest BCUT2D eigenvalue weighted by molar-refractivity contribution is -0.147. The molecule has 0 spiro atoms. The van der Waals surface area contributed by atoms with E-state index in [9.17, 15) is 14.4 Å². The van der Waals surface area contributed by atoms with Gasteiger partial charge in [0.2, 0.25) is 0 Å². The zero-order valence-electron chi connectivity index (χ0n) is 19.7. The molecule has 2 aromatic rings. The highest BCUT2D eigenvalue weighted by Crippen LogP contribution is 2.28. The van der Waals surface area contributed by atoms with Gasteiger partial charge in [0.1, 0.15) is 23.1 Å². The second-order valence-corrected chi connectivity index (χ2v) is 8.53. The summed E-state index contributed by atoms with van der Waals surface area (Å²) in [5, 5.41) is 0. The Bertz CT molecular complexity index is 1100. The number of hydrogen-bond donors (Lipinski definition) is 0. The summed E-state index contributed by atoms with van der Waals surface area (Å²) in [5.41, 5.74) is 0.825. The Morgan fingerprint density at radius 1 is 1.18 bits per heavy atom. The van der Waals surface area contributed by atoms with Crippen LogP contribution in [0, 0.1) is 0 Å². The van der Waals surface area contributed by atoms with Gasteiger partial charge in [-0.25, -0.2) is 4.79 Å². The molecule has 0 aromatic carbocycles. The monoisotopic (exact) mass is 469 g/mol. The quantitative estimate of drug-likeness (QED) is 0.599. The van der Waals surface area contributed by atoms with E-state index >= 15 is 0 Å². The van der Waals surface area contributed by atoms with Gasteiger partial charge in [-0.2, -0.15) is 0 Å². The lowest BCUT2D eigenvalue weighted by Gasteiger charge is -2.34. The van der Waals surface area contributed by atoms with Crippen LogP contribution in [0.2, 0.25) is 0 Å². The molecular formula is C25H31N3O6. The lowest BCUT2D eigenvalue weighted by atomic mass is 9.99. The molecule has 1 saturated heterocycles. The molecule has 0 N–H and O–H groups in total. The zero-order valence-corrected chi connectivity index (χ0v) is 19.7. The fourth-order valence-electron chi connectivity index (χ4n) is 4.77. The molecule has 0 aliphatic carbocycles. The molecule has 0 bridgehead atoms. The number of carbonyl (C=O) groups is 2. The molecule has 182 valence electrons. The standard InChI is InChI=1S/C25H31N3O6/c1-32-21-17-22(29)27-15-14-26(11-5-7-18-8-6-16-34-18)13-10-19(27)23(21)24(30)28-12-4-3-9-20(28)25(31)33-2/h5-8,16-17,20H,3-4,9-15H2,1-2H3/b7-5+. The molecule has 2 aromatic heterocycles. The number of esters is 1. The zero-order chi connectivity index (χ0) is 24.1. The summed E-state index contributed by atoms with van der Waals surface area (Å²) in [5.74, 6) is 0.331. The van der Waals surface area contributed by atoms with Gasteiger partial charge in [-0.1, -0.05) is 6.08 Å². The van der Waals surface area contributed by atoms with Crippen molar-refractivity contribution in [1.29, 1.82) is 0 Å². The topological polar surface area (TPSA) is 94.2 Å². The Morgan fingerprint density at radius 2 is 2.03 bits per heavy atom. The van der Waals surface area contributed by atoms with Gasteiger partial charge < -0.3 is 23.4 Å². The van der Waals surface area contributed by atoms with Crippen molar-refractivity contribution in [2.75, 3.05) is 40.4 Å². The summed E-state index contributed by atoms with van der Waals surface area (Å²) in [6.07, 6.45) is 8.32. The highest BCUT2D eigenvalue weighted by atomic mass is 16.5. The van der Waals surface area contributed by atoms with E-state index in [0.29, 0.717) is 56.8 Å². The van der Waals surface area contributed by atoms with E-state index in [1.165, 1.54) is 20.3 Å². The third kappa shape index (κ3) is 4.94. The average Bonchev–Trinajstić information content (AvgIpc) is 3.29. The number of piperidine rings is 1. The van der Waals surface area contributed by atoms with Crippen molar-refractivity contribution < 1.29 is 23.5 Å². The first-order valence-electron chi connectivity index (χ1n) is 11.7. The summed E-state index contributed by atoms with van der Waals surface area (Å²) >= 11 is 0. The van der Waals surface area contributed by atoms with Crippen molar-refractivity contribution in [1.82, 2.24) is 14.4 Å². The number of furan rings is 1. The molecule has 1 amide bonds. The molecule has 9 nitrogen and oxygen atoms in total. The van der Waals surface area contributed by atoms with Crippen LogP contribution in [-0.4, -0.2) is 72.7 Å². The number of fused-ring (bicyclic) bond motifs is 1. The highest BCUT2D eigenvalue weighted by Gasteiger charge is 2.36.